The van der Waals surface area contributed by atoms with E-state index in [0.29, 0.717) is 5.75 Å². The number of benzene rings is 2. The minimum absolute atomic E-state index is 0.0549. The Kier molecular flexibility index (Phi) is 5.24. The largest absolute Gasteiger partial charge is 0.454 e. The van der Waals surface area contributed by atoms with E-state index >= 15 is 0 Å². The summed E-state index contributed by atoms with van der Waals surface area (Å²) in [7, 11) is 0. The van der Waals surface area contributed by atoms with Gasteiger partial charge in [-0.15, -0.1) is 5.10 Å². The molecule has 0 bridgehead atoms. The van der Waals surface area contributed by atoms with Crippen molar-refractivity contribution in [3.05, 3.63) is 66.8 Å². The van der Waals surface area contributed by atoms with Crippen molar-refractivity contribution >= 4 is 40.6 Å². The molecule has 1 atom stereocenters. The van der Waals surface area contributed by atoms with E-state index in [1.54, 1.807) is 18.2 Å². The molecule has 0 aliphatic carbocycles. The van der Waals surface area contributed by atoms with Crippen molar-refractivity contribution in [3.8, 4) is 17.2 Å². The highest BCUT2D eigenvalue weighted by atomic mass is 35.5. The Balaban J connectivity index is 1.70. The standard InChI is InChI=1S/C20H17Cl2N5O4/c1-8(2)15-11-7-10(3-4-14(11)24-18(15)28)31-16-12(21)5-9(6-13(16)22)27-20(30)25-19(29)17(23)26-27/h3-8,15H,1-2H3,(H2,23,26)(H,24,28)(H,25,29,30). The van der Waals surface area contributed by atoms with Crippen LogP contribution in [0.4, 0.5) is 11.5 Å². The fourth-order valence-corrected chi connectivity index (χ4v) is 4.01. The van der Waals surface area contributed by atoms with Gasteiger partial charge in [-0.3, -0.25) is 14.6 Å². The van der Waals surface area contributed by atoms with Crippen LogP contribution in [0.3, 0.4) is 0 Å². The van der Waals surface area contributed by atoms with Crippen molar-refractivity contribution in [2.24, 2.45) is 5.92 Å². The summed E-state index contributed by atoms with van der Waals surface area (Å²) in [6.07, 6.45) is 0. The van der Waals surface area contributed by atoms with Gasteiger partial charge in [0.2, 0.25) is 11.7 Å². The molecular weight excluding hydrogens is 445 g/mol. The smallest absolute Gasteiger partial charge is 0.349 e. The van der Waals surface area contributed by atoms with Crippen LogP contribution in [0.5, 0.6) is 11.5 Å². The van der Waals surface area contributed by atoms with Crippen molar-refractivity contribution < 1.29 is 9.53 Å². The number of nitrogens with zero attached hydrogens (tertiary/aromatic N) is 2. The first-order valence-electron chi connectivity index (χ1n) is 9.27. The van der Waals surface area contributed by atoms with Crippen molar-refractivity contribution in [3.63, 3.8) is 0 Å². The average molecular weight is 462 g/mol. The summed E-state index contributed by atoms with van der Waals surface area (Å²) < 4.78 is 6.77. The van der Waals surface area contributed by atoms with Crippen LogP contribution >= 0.6 is 23.2 Å². The monoisotopic (exact) mass is 461 g/mol. The molecule has 11 heteroatoms. The molecule has 160 valence electrons. The second-order valence-corrected chi connectivity index (χ2v) is 8.17. The van der Waals surface area contributed by atoms with Crippen LogP contribution in [0.1, 0.15) is 25.3 Å². The molecule has 0 saturated carbocycles. The third-order valence-corrected chi connectivity index (χ3v) is 5.43. The molecule has 1 unspecified atom stereocenters. The molecule has 3 aromatic rings. The molecule has 9 nitrogen and oxygen atoms in total. The Morgan fingerprint density at radius 1 is 1.13 bits per heavy atom. The number of halogens is 2. The lowest BCUT2D eigenvalue weighted by molar-refractivity contribution is -0.117. The fourth-order valence-electron chi connectivity index (χ4n) is 3.46. The quantitative estimate of drug-likeness (QED) is 0.545. The number of anilines is 2. The minimum atomic E-state index is -0.796. The maximum absolute atomic E-state index is 12.2. The Hall–Kier alpha value is -3.30. The summed E-state index contributed by atoms with van der Waals surface area (Å²) in [5, 5.41) is 6.83. The molecule has 0 radical (unpaired) electrons. The number of H-pyrrole nitrogens is 1. The number of fused-ring (bicyclic) bond motifs is 1. The maximum Gasteiger partial charge on any atom is 0.349 e. The predicted molar refractivity (Wildman–Crippen MR) is 118 cm³/mol. The maximum atomic E-state index is 12.2. The van der Waals surface area contributed by atoms with Crippen LogP contribution in [0.25, 0.3) is 5.69 Å². The van der Waals surface area contributed by atoms with Crippen LogP contribution in [-0.2, 0) is 4.79 Å². The fraction of sp³-hybridized carbons (Fsp3) is 0.200. The third-order valence-electron chi connectivity index (χ3n) is 4.87. The third kappa shape index (κ3) is 3.77. The van der Waals surface area contributed by atoms with Gasteiger partial charge in [0.1, 0.15) is 5.75 Å². The number of aromatic nitrogens is 3. The molecule has 1 amide bonds. The summed E-state index contributed by atoms with van der Waals surface area (Å²) in [6, 6.07) is 8.03. The second kappa shape index (κ2) is 7.75. The van der Waals surface area contributed by atoms with Gasteiger partial charge < -0.3 is 15.8 Å². The summed E-state index contributed by atoms with van der Waals surface area (Å²) in [6.45, 7) is 3.94. The zero-order valence-corrected chi connectivity index (χ0v) is 17.9. The molecule has 4 rings (SSSR count). The molecule has 2 heterocycles. The lowest BCUT2D eigenvalue weighted by Crippen LogP contribution is -2.33. The second-order valence-electron chi connectivity index (χ2n) is 7.36. The van der Waals surface area contributed by atoms with Gasteiger partial charge in [0.15, 0.2) is 5.75 Å². The highest BCUT2D eigenvalue weighted by Crippen LogP contribution is 2.42. The molecular formula is C20H17Cl2N5O4. The van der Waals surface area contributed by atoms with Crippen LogP contribution in [0.15, 0.2) is 39.9 Å². The first-order chi connectivity index (χ1) is 14.7. The highest BCUT2D eigenvalue weighted by molar-refractivity contribution is 6.37. The average Bonchev–Trinajstić information content (AvgIpc) is 3.02. The van der Waals surface area contributed by atoms with Crippen molar-refractivity contribution in [2.75, 3.05) is 11.1 Å². The van der Waals surface area contributed by atoms with E-state index in [-0.39, 0.29) is 45.0 Å². The van der Waals surface area contributed by atoms with Gasteiger partial charge in [-0.25, -0.2) is 4.79 Å². The Morgan fingerprint density at radius 3 is 2.45 bits per heavy atom. The number of carbonyl (C=O) groups is 1. The first-order valence-corrected chi connectivity index (χ1v) is 10.0. The van der Waals surface area contributed by atoms with E-state index in [0.717, 1.165) is 15.9 Å². The summed E-state index contributed by atoms with van der Waals surface area (Å²) in [5.41, 5.74) is 5.67. The molecule has 2 aromatic carbocycles. The van der Waals surface area contributed by atoms with Crippen LogP contribution in [-0.4, -0.2) is 20.7 Å². The number of aromatic amines is 1. The molecule has 31 heavy (non-hydrogen) atoms. The van der Waals surface area contributed by atoms with Gasteiger partial charge in [0, 0.05) is 5.69 Å². The number of amides is 1. The summed E-state index contributed by atoms with van der Waals surface area (Å²) >= 11 is 12.7. The van der Waals surface area contributed by atoms with Crippen LogP contribution in [0.2, 0.25) is 10.0 Å². The number of ether oxygens (including phenoxy) is 1. The number of rotatable bonds is 4. The SMILES string of the molecule is CC(C)C1C(=O)Nc2ccc(Oc3c(Cl)cc(-n4nc(N)c(=O)[nH]c4=O)cc3Cl)cc21. The minimum Gasteiger partial charge on any atom is -0.454 e. The van der Waals surface area contributed by atoms with E-state index in [1.165, 1.54) is 12.1 Å². The van der Waals surface area contributed by atoms with E-state index in [1.807, 2.05) is 13.8 Å². The summed E-state index contributed by atoms with van der Waals surface area (Å²) in [4.78, 5) is 37.8. The van der Waals surface area contributed by atoms with Gasteiger partial charge >= 0.3 is 5.69 Å². The van der Waals surface area contributed by atoms with Crippen molar-refractivity contribution in [1.29, 1.82) is 0 Å². The molecule has 4 N–H and O–H groups in total. The van der Waals surface area contributed by atoms with Crippen LogP contribution < -0.4 is 27.0 Å². The lowest BCUT2D eigenvalue weighted by atomic mass is 9.90. The first kappa shape index (κ1) is 21.0. The number of hydrogen-bond acceptors (Lipinski definition) is 6. The van der Waals surface area contributed by atoms with Crippen molar-refractivity contribution in [1.82, 2.24) is 14.8 Å². The van der Waals surface area contributed by atoms with E-state index < -0.39 is 11.2 Å². The number of hydrogen-bond donors (Lipinski definition) is 3. The molecule has 1 aromatic heterocycles. The topological polar surface area (TPSA) is 132 Å². The highest BCUT2D eigenvalue weighted by Gasteiger charge is 2.33. The molecule has 1 aliphatic heterocycles. The van der Waals surface area contributed by atoms with Gasteiger partial charge in [-0.2, -0.15) is 4.68 Å². The Bertz CT molecular complexity index is 1310. The lowest BCUT2D eigenvalue weighted by Gasteiger charge is -2.15. The Morgan fingerprint density at radius 2 is 1.81 bits per heavy atom. The van der Waals surface area contributed by atoms with E-state index in [2.05, 4.69) is 15.4 Å². The number of carbonyl (C=O) groups excluding carboxylic acids is 1. The van der Waals surface area contributed by atoms with Gasteiger partial charge in [0.05, 0.1) is 21.7 Å². The number of nitrogens with one attached hydrogen (secondary N) is 2. The molecule has 0 spiro atoms. The van der Waals surface area contributed by atoms with E-state index in [9.17, 15) is 14.4 Å². The van der Waals surface area contributed by atoms with Crippen molar-refractivity contribution in [2.45, 2.75) is 19.8 Å². The van der Waals surface area contributed by atoms with Gasteiger partial charge in [-0.1, -0.05) is 37.0 Å². The Labute approximate surface area is 185 Å². The van der Waals surface area contributed by atoms with Crippen LogP contribution in [0, 0.1) is 5.92 Å². The molecule has 0 fully saturated rings. The number of nitrogen functional groups attached to an aromatic ring is 1. The zero-order valence-electron chi connectivity index (χ0n) is 16.4. The molecule has 1 aliphatic rings. The van der Waals surface area contributed by atoms with Gasteiger partial charge in [-0.05, 0) is 41.8 Å². The van der Waals surface area contributed by atoms with E-state index in [4.69, 9.17) is 33.7 Å². The van der Waals surface area contributed by atoms with Gasteiger partial charge in [0.25, 0.3) is 5.56 Å². The zero-order chi connectivity index (χ0) is 22.4. The normalized spacial score (nSPS) is 15.1. The molecule has 0 saturated heterocycles. The number of nitrogens with two attached hydrogens (primary N) is 1. The summed E-state index contributed by atoms with van der Waals surface area (Å²) in [5.74, 6) is -0.000201. The predicted octanol–water partition coefficient (Wildman–Crippen LogP) is 3.29.